The lowest BCUT2D eigenvalue weighted by molar-refractivity contribution is -0.137. The molecule has 1 aliphatic heterocycles. The molecule has 1 aromatic carbocycles. The lowest BCUT2D eigenvalue weighted by Crippen LogP contribution is -2.41. The van der Waals surface area contributed by atoms with Crippen molar-refractivity contribution in [3.05, 3.63) is 71.2 Å². The molecule has 0 atom stereocenters. The van der Waals surface area contributed by atoms with Crippen LogP contribution in [0.1, 0.15) is 74.5 Å². The number of nitrogens with one attached hydrogen (secondary N) is 2. The number of hydrazone groups is 1. The average Bonchev–Trinajstić information content (AvgIpc) is 3.71. The fourth-order valence-electron chi connectivity index (χ4n) is 3.91. The lowest BCUT2D eigenvalue weighted by Gasteiger charge is -2.26. The zero-order chi connectivity index (χ0) is 26.3. The Hall–Kier alpha value is -2.99. The highest BCUT2D eigenvalue weighted by atomic mass is 19.4. The van der Waals surface area contributed by atoms with Crippen molar-refractivity contribution >= 4 is 5.71 Å². The molecule has 2 heterocycles. The number of hydrogen-bond donors (Lipinski definition) is 3. The summed E-state index contributed by atoms with van der Waals surface area (Å²) < 4.78 is 43.9. The smallest absolute Gasteiger partial charge is 0.417 e. The highest BCUT2D eigenvalue weighted by Crippen LogP contribution is 2.40. The molecule has 0 amide bonds. The van der Waals surface area contributed by atoms with Crippen LogP contribution >= 0.6 is 0 Å². The molecule has 3 aliphatic rings. The van der Waals surface area contributed by atoms with Crippen molar-refractivity contribution in [1.29, 1.82) is 0 Å². The summed E-state index contributed by atoms with van der Waals surface area (Å²) in [6.45, 7) is 2.67. The summed E-state index contributed by atoms with van der Waals surface area (Å²) in [7, 11) is 0. The second-order valence-corrected chi connectivity index (χ2v) is 9.27. The van der Waals surface area contributed by atoms with Gasteiger partial charge in [0.05, 0.1) is 11.3 Å². The number of nitrogens with two attached hydrogens (primary N) is 1. The van der Waals surface area contributed by atoms with Gasteiger partial charge in [0.25, 0.3) is 0 Å². The van der Waals surface area contributed by atoms with Crippen LogP contribution in [0.2, 0.25) is 0 Å². The molecule has 0 unspecified atom stereocenters. The number of hydrogen-bond acceptors (Lipinski definition) is 8. The van der Waals surface area contributed by atoms with Gasteiger partial charge in [-0.2, -0.15) is 28.7 Å². The molecule has 5 rings (SSSR count). The molecule has 11 heteroatoms. The van der Waals surface area contributed by atoms with Gasteiger partial charge in [-0.1, -0.05) is 31.5 Å². The van der Waals surface area contributed by atoms with Gasteiger partial charge in [0.1, 0.15) is 0 Å². The van der Waals surface area contributed by atoms with Crippen molar-refractivity contribution in [1.82, 2.24) is 21.1 Å². The van der Waals surface area contributed by atoms with E-state index in [0.717, 1.165) is 30.0 Å². The molecule has 200 valence electrons. The van der Waals surface area contributed by atoms with E-state index < -0.39 is 11.7 Å². The van der Waals surface area contributed by atoms with Crippen LogP contribution in [0.3, 0.4) is 0 Å². The topological polar surface area (TPSA) is 97.0 Å². The predicted octanol–water partition coefficient (Wildman–Crippen LogP) is 5.16. The molecule has 8 nitrogen and oxygen atoms in total. The van der Waals surface area contributed by atoms with Crippen LogP contribution in [-0.4, -0.2) is 28.3 Å². The largest absolute Gasteiger partial charge is 0.421 e. The first-order chi connectivity index (χ1) is 17.9. The van der Waals surface area contributed by atoms with Crippen LogP contribution < -0.4 is 21.6 Å². The summed E-state index contributed by atoms with van der Waals surface area (Å²) in [6.07, 6.45) is 5.88. The summed E-state index contributed by atoms with van der Waals surface area (Å²) in [6, 6.07) is 11.2. The second-order valence-electron chi connectivity index (χ2n) is 9.27. The third kappa shape index (κ3) is 7.75. The summed E-state index contributed by atoms with van der Waals surface area (Å²) in [4.78, 5) is 8.31. The molecule has 0 bridgehead atoms. The molecule has 37 heavy (non-hydrogen) atoms. The number of rotatable bonds is 9. The van der Waals surface area contributed by atoms with E-state index in [2.05, 4.69) is 45.3 Å². The number of allylic oxidation sites excluding steroid dienone is 1. The van der Waals surface area contributed by atoms with E-state index in [-0.39, 0.29) is 5.88 Å². The zero-order valence-electron chi connectivity index (χ0n) is 20.8. The van der Waals surface area contributed by atoms with Gasteiger partial charge in [-0.05, 0) is 67.4 Å². The van der Waals surface area contributed by atoms with E-state index in [1.54, 1.807) is 5.01 Å². The predicted molar refractivity (Wildman–Crippen MR) is 134 cm³/mol. The number of aromatic nitrogens is 1. The fraction of sp³-hybridized carbons (Fsp3) is 0.462. The van der Waals surface area contributed by atoms with E-state index in [1.807, 2.05) is 13.0 Å². The average molecular weight is 519 g/mol. The van der Waals surface area contributed by atoms with Gasteiger partial charge in [-0.15, -0.1) is 5.59 Å². The minimum atomic E-state index is -4.42. The van der Waals surface area contributed by atoms with Gasteiger partial charge in [0.2, 0.25) is 11.8 Å². The molecule has 2 fully saturated rings. The van der Waals surface area contributed by atoms with Gasteiger partial charge < -0.3 is 4.74 Å². The van der Waals surface area contributed by atoms with Crippen molar-refractivity contribution in [3.8, 4) is 5.88 Å². The Bertz CT molecular complexity index is 1080. The zero-order valence-corrected chi connectivity index (χ0v) is 20.8. The highest BCUT2D eigenvalue weighted by Gasteiger charge is 2.31. The maximum Gasteiger partial charge on any atom is 0.417 e. The van der Waals surface area contributed by atoms with Crippen LogP contribution in [0.15, 0.2) is 59.7 Å². The number of pyridine rings is 1. The summed E-state index contributed by atoms with van der Waals surface area (Å²) in [5.74, 6) is 6.09. The Morgan fingerprint density at radius 1 is 1.14 bits per heavy atom. The van der Waals surface area contributed by atoms with Crippen LogP contribution in [-0.2, 0) is 11.1 Å². The van der Waals surface area contributed by atoms with Gasteiger partial charge in [0.15, 0.2) is 0 Å². The Morgan fingerprint density at radius 2 is 1.95 bits per heavy atom. The van der Waals surface area contributed by atoms with Crippen molar-refractivity contribution < 1.29 is 22.8 Å². The molecule has 0 spiro atoms. The molecule has 0 radical (unpaired) electrons. The molecule has 2 aliphatic carbocycles. The molecular formula is C26H33F3N6O2. The molecule has 4 N–H and O–H groups in total. The first-order valence-corrected chi connectivity index (χ1v) is 12.6. The van der Waals surface area contributed by atoms with E-state index in [9.17, 15) is 13.2 Å². The van der Waals surface area contributed by atoms with Crippen molar-refractivity contribution in [2.24, 2.45) is 10.9 Å². The number of hydrazine groups is 1. The van der Waals surface area contributed by atoms with Gasteiger partial charge in [0, 0.05) is 31.3 Å². The Kier molecular flexibility index (Phi) is 9.14. The Labute approximate surface area is 214 Å². The number of halogens is 3. The minimum Gasteiger partial charge on any atom is -0.421 e. The molecule has 0 saturated heterocycles. The van der Waals surface area contributed by atoms with Gasteiger partial charge in [-0.25, -0.2) is 15.8 Å². The third-order valence-corrected chi connectivity index (χ3v) is 6.33. The second kappa shape index (κ2) is 12.5. The maximum absolute atomic E-state index is 12.7. The lowest BCUT2D eigenvalue weighted by atomic mass is 9.94. The van der Waals surface area contributed by atoms with Crippen LogP contribution in [0.25, 0.3) is 0 Å². The minimum absolute atomic E-state index is 0.111. The summed E-state index contributed by atoms with van der Waals surface area (Å²) in [5, 5.41) is 6.50. The first-order valence-electron chi connectivity index (χ1n) is 12.6. The van der Waals surface area contributed by atoms with Gasteiger partial charge in [-0.3, -0.25) is 0 Å². The van der Waals surface area contributed by atoms with Gasteiger partial charge >= 0.3 is 6.18 Å². The summed E-state index contributed by atoms with van der Waals surface area (Å²) >= 11 is 0. The van der Waals surface area contributed by atoms with E-state index in [1.165, 1.54) is 43.7 Å². The van der Waals surface area contributed by atoms with Crippen molar-refractivity contribution in [2.75, 3.05) is 6.54 Å². The SMILES string of the molecule is CCCN1N=C(c2cccc(C3CC3)c2)CC=C1Oc1ccc(C(F)(F)F)cn1.NNONC1CCC1. The standard InChI is InChI=1S/C22H22F3N3O.C4H11N3O/c1-2-12-28-21(29-20-10-8-18(14-26-20)22(23,24)25)11-9-19(27-28)17-5-3-4-16(13-17)15-6-7-15;5-7-8-6-4-2-1-3-4/h3-5,8,10-11,13-15H,2,6-7,9,12H2,1H3;4,6-7H,1-3,5H2. The molecule has 1 aromatic heterocycles. The monoisotopic (exact) mass is 518 g/mol. The first kappa shape index (κ1) is 27.1. The molecule has 2 aromatic rings. The van der Waals surface area contributed by atoms with E-state index in [0.29, 0.717) is 30.8 Å². The van der Waals surface area contributed by atoms with E-state index >= 15 is 0 Å². The maximum atomic E-state index is 12.7. The number of ether oxygens (including phenoxy) is 1. The highest BCUT2D eigenvalue weighted by molar-refractivity contribution is 6.02. The number of alkyl halides is 3. The van der Waals surface area contributed by atoms with Crippen LogP contribution in [0.5, 0.6) is 5.88 Å². The van der Waals surface area contributed by atoms with Crippen molar-refractivity contribution in [3.63, 3.8) is 0 Å². The van der Waals surface area contributed by atoms with Crippen LogP contribution in [0, 0.1) is 0 Å². The third-order valence-electron chi connectivity index (χ3n) is 6.33. The normalized spacial score (nSPS) is 17.8. The number of nitrogens with zero attached hydrogens (tertiary/aromatic N) is 3. The molecule has 2 saturated carbocycles. The fourth-order valence-corrected chi connectivity index (χ4v) is 3.91. The molecular weight excluding hydrogens is 485 g/mol. The summed E-state index contributed by atoms with van der Waals surface area (Å²) in [5.41, 5.74) is 7.39. The Balaban J connectivity index is 0.000000342. The Morgan fingerprint density at radius 3 is 2.54 bits per heavy atom. The van der Waals surface area contributed by atoms with Crippen LogP contribution in [0.4, 0.5) is 13.2 Å². The van der Waals surface area contributed by atoms with Crippen molar-refractivity contribution in [2.45, 2.75) is 70.0 Å². The number of hydroxylamine groups is 1. The quantitative estimate of drug-likeness (QED) is 0.312. The number of benzene rings is 1. The van der Waals surface area contributed by atoms with E-state index in [4.69, 9.17) is 15.7 Å².